The Balaban J connectivity index is 1.70. The van der Waals surface area contributed by atoms with Crippen molar-refractivity contribution in [1.29, 1.82) is 0 Å². The van der Waals surface area contributed by atoms with Crippen molar-refractivity contribution in [2.24, 2.45) is 0 Å². The predicted octanol–water partition coefficient (Wildman–Crippen LogP) is 0.925. The third-order valence-corrected chi connectivity index (χ3v) is 7.22. The first kappa shape index (κ1) is 21.4. The van der Waals surface area contributed by atoms with Crippen molar-refractivity contribution in [3.05, 3.63) is 65.0 Å². The molecular formula is C21H27FN3O3S+. The van der Waals surface area contributed by atoms with Crippen molar-refractivity contribution in [1.82, 2.24) is 9.21 Å². The lowest BCUT2D eigenvalue weighted by atomic mass is 10.1. The van der Waals surface area contributed by atoms with Crippen LogP contribution in [0.5, 0.6) is 0 Å². The molecule has 1 heterocycles. The molecule has 0 bridgehead atoms. The van der Waals surface area contributed by atoms with Gasteiger partial charge in [0, 0.05) is 19.7 Å². The second-order valence-electron chi connectivity index (χ2n) is 7.57. The number of hydrogen-bond donors (Lipinski definition) is 1. The lowest BCUT2D eigenvalue weighted by Crippen LogP contribution is -3.13. The van der Waals surface area contributed by atoms with E-state index in [-0.39, 0.29) is 10.5 Å². The van der Waals surface area contributed by atoms with Crippen LogP contribution in [0.1, 0.15) is 21.5 Å². The van der Waals surface area contributed by atoms with Gasteiger partial charge >= 0.3 is 0 Å². The number of carbonyl (C=O) groups is 1. The van der Waals surface area contributed by atoms with Crippen molar-refractivity contribution in [2.45, 2.75) is 18.4 Å². The molecule has 1 aliphatic rings. The molecule has 1 N–H and O–H groups in total. The van der Waals surface area contributed by atoms with E-state index in [4.69, 9.17) is 0 Å². The topological polar surface area (TPSA) is 62.1 Å². The summed E-state index contributed by atoms with van der Waals surface area (Å²) < 4.78 is 40.0. The molecule has 0 aromatic heterocycles. The molecule has 0 radical (unpaired) electrons. The van der Waals surface area contributed by atoms with E-state index in [9.17, 15) is 17.6 Å². The van der Waals surface area contributed by atoms with E-state index in [0.717, 1.165) is 36.1 Å². The van der Waals surface area contributed by atoms with Gasteiger partial charge in [-0.15, -0.1) is 0 Å². The fourth-order valence-corrected chi connectivity index (χ4v) is 4.42. The minimum Gasteiger partial charge on any atom is -0.328 e. The van der Waals surface area contributed by atoms with Gasteiger partial charge in [-0.05, 0) is 30.7 Å². The molecule has 1 fully saturated rings. The van der Waals surface area contributed by atoms with Gasteiger partial charge in [-0.25, -0.2) is 17.1 Å². The van der Waals surface area contributed by atoms with E-state index < -0.39 is 21.7 Å². The summed E-state index contributed by atoms with van der Waals surface area (Å²) in [6.45, 7) is 5.51. The fourth-order valence-electron chi connectivity index (χ4n) is 3.49. The Morgan fingerprint density at radius 3 is 2.41 bits per heavy atom. The summed E-state index contributed by atoms with van der Waals surface area (Å²) in [5.74, 6) is -1.17. The molecule has 0 aliphatic carbocycles. The van der Waals surface area contributed by atoms with Crippen molar-refractivity contribution in [3.63, 3.8) is 0 Å². The van der Waals surface area contributed by atoms with Crippen molar-refractivity contribution < 1.29 is 22.5 Å². The molecular weight excluding hydrogens is 393 g/mol. The van der Waals surface area contributed by atoms with Crippen LogP contribution in [0.3, 0.4) is 0 Å². The van der Waals surface area contributed by atoms with Gasteiger partial charge < -0.3 is 9.80 Å². The molecule has 0 unspecified atom stereocenters. The molecule has 0 saturated carbocycles. The number of quaternary nitrogens is 1. The second-order valence-corrected chi connectivity index (χ2v) is 9.73. The molecule has 1 saturated heterocycles. The Kier molecular flexibility index (Phi) is 6.36. The predicted molar refractivity (Wildman–Crippen MR) is 109 cm³/mol. The van der Waals surface area contributed by atoms with Gasteiger partial charge in [0.15, 0.2) is 0 Å². The molecule has 6 nitrogen and oxygen atoms in total. The van der Waals surface area contributed by atoms with E-state index in [0.29, 0.717) is 13.1 Å². The number of nitrogens with one attached hydrogen (secondary N) is 1. The van der Waals surface area contributed by atoms with E-state index in [2.05, 4.69) is 19.1 Å². The van der Waals surface area contributed by atoms with Crippen LogP contribution >= 0.6 is 0 Å². The first-order chi connectivity index (χ1) is 13.7. The Morgan fingerprint density at radius 1 is 1.14 bits per heavy atom. The summed E-state index contributed by atoms with van der Waals surface area (Å²) in [6.07, 6.45) is 0. The van der Waals surface area contributed by atoms with Gasteiger partial charge in [0.25, 0.3) is 5.91 Å². The van der Waals surface area contributed by atoms with Gasteiger partial charge in [0.1, 0.15) is 12.4 Å². The first-order valence-electron chi connectivity index (χ1n) is 9.59. The third kappa shape index (κ3) is 4.66. The first-order valence-corrected chi connectivity index (χ1v) is 11.0. The average molecular weight is 421 g/mol. The Morgan fingerprint density at radius 2 is 1.79 bits per heavy atom. The number of benzene rings is 2. The van der Waals surface area contributed by atoms with Crippen molar-refractivity contribution in [2.75, 3.05) is 40.3 Å². The number of nitrogens with zero attached hydrogens (tertiary/aromatic N) is 2. The summed E-state index contributed by atoms with van der Waals surface area (Å²) in [4.78, 5) is 15.7. The molecule has 2 aromatic rings. The molecule has 1 aliphatic heterocycles. The van der Waals surface area contributed by atoms with Crippen LogP contribution < -0.4 is 4.90 Å². The van der Waals surface area contributed by atoms with E-state index >= 15 is 0 Å². The zero-order valence-electron chi connectivity index (χ0n) is 17.0. The summed E-state index contributed by atoms with van der Waals surface area (Å²) >= 11 is 0. The number of sulfonamides is 1. The Labute approximate surface area is 171 Å². The normalized spacial score (nSPS) is 15.7. The summed E-state index contributed by atoms with van der Waals surface area (Å²) in [7, 11) is -0.937. The number of piperazine rings is 1. The van der Waals surface area contributed by atoms with Gasteiger partial charge in [-0.2, -0.15) is 0 Å². The minimum atomic E-state index is -3.74. The maximum absolute atomic E-state index is 14.3. The van der Waals surface area contributed by atoms with Crippen LogP contribution in [0.15, 0.2) is 47.4 Å². The SMILES string of the molecule is Cc1ccccc1C[NH+]1CCN(C(=O)c2cc(S(=O)(=O)N(C)C)ccc2F)CC1. The van der Waals surface area contributed by atoms with Gasteiger partial charge in [-0.3, -0.25) is 4.79 Å². The summed E-state index contributed by atoms with van der Waals surface area (Å²) in [6, 6.07) is 11.6. The highest BCUT2D eigenvalue weighted by Crippen LogP contribution is 2.19. The molecule has 0 spiro atoms. The number of aryl methyl sites for hydroxylation is 1. The smallest absolute Gasteiger partial charge is 0.257 e. The number of hydrogen-bond acceptors (Lipinski definition) is 3. The lowest BCUT2D eigenvalue weighted by molar-refractivity contribution is -0.917. The highest BCUT2D eigenvalue weighted by Gasteiger charge is 2.28. The van der Waals surface area contributed by atoms with Crippen LogP contribution in [0.2, 0.25) is 0 Å². The second kappa shape index (κ2) is 8.61. The van der Waals surface area contributed by atoms with Crippen molar-refractivity contribution in [3.8, 4) is 0 Å². The van der Waals surface area contributed by atoms with Crippen LogP contribution in [0, 0.1) is 12.7 Å². The third-order valence-electron chi connectivity index (χ3n) is 5.41. The van der Waals surface area contributed by atoms with Crippen LogP contribution in [-0.4, -0.2) is 63.8 Å². The van der Waals surface area contributed by atoms with Gasteiger partial charge in [-0.1, -0.05) is 24.3 Å². The van der Waals surface area contributed by atoms with Gasteiger partial charge in [0.05, 0.1) is 36.6 Å². The maximum Gasteiger partial charge on any atom is 0.257 e. The lowest BCUT2D eigenvalue weighted by Gasteiger charge is -2.32. The quantitative estimate of drug-likeness (QED) is 0.783. The standard InChI is InChI=1S/C21H26FN3O3S/c1-16-6-4-5-7-17(16)15-24-10-12-25(13-11-24)21(26)19-14-18(8-9-20(19)22)29(27,28)23(2)3/h4-9,14H,10-13,15H2,1-3H3/p+1. The molecule has 29 heavy (non-hydrogen) atoms. The monoisotopic (exact) mass is 420 g/mol. The molecule has 8 heteroatoms. The van der Waals surface area contributed by atoms with Gasteiger partial charge in [0.2, 0.25) is 10.0 Å². The number of amides is 1. The minimum absolute atomic E-state index is 0.0870. The van der Waals surface area contributed by atoms with Crippen LogP contribution in [0.4, 0.5) is 4.39 Å². The van der Waals surface area contributed by atoms with E-state index in [1.807, 2.05) is 12.1 Å². The number of rotatable bonds is 5. The van der Waals surface area contributed by atoms with Crippen LogP contribution in [-0.2, 0) is 16.6 Å². The average Bonchev–Trinajstić information content (AvgIpc) is 2.70. The Bertz CT molecular complexity index is 1000. The molecule has 156 valence electrons. The zero-order chi connectivity index (χ0) is 21.2. The maximum atomic E-state index is 14.3. The summed E-state index contributed by atoms with van der Waals surface area (Å²) in [5, 5.41) is 0. The number of carbonyl (C=O) groups excluding carboxylic acids is 1. The highest BCUT2D eigenvalue weighted by molar-refractivity contribution is 7.89. The van der Waals surface area contributed by atoms with Crippen LogP contribution in [0.25, 0.3) is 0 Å². The van der Waals surface area contributed by atoms with E-state index in [1.165, 1.54) is 36.2 Å². The fraction of sp³-hybridized carbons (Fsp3) is 0.381. The molecule has 0 atom stereocenters. The zero-order valence-corrected chi connectivity index (χ0v) is 17.8. The largest absolute Gasteiger partial charge is 0.328 e. The molecule has 3 rings (SSSR count). The highest BCUT2D eigenvalue weighted by atomic mass is 32.2. The summed E-state index contributed by atoms with van der Waals surface area (Å²) in [5.41, 5.74) is 2.34. The van der Waals surface area contributed by atoms with E-state index in [1.54, 1.807) is 4.90 Å². The number of halogens is 1. The van der Waals surface area contributed by atoms with Crippen molar-refractivity contribution >= 4 is 15.9 Å². The Hall–Kier alpha value is -2.29. The molecule has 1 amide bonds. The molecule has 2 aromatic carbocycles.